The van der Waals surface area contributed by atoms with Crippen molar-refractivity contribution in [2.24, 2.45) is 0 Å². The minimum absolute atomic E-state index is 0.0411. The van der Waals surface area contributed by atoms with Crippen LogP contribution in [0.5, 0.6) is 11.5 Å². The van der Waals surface area contributed by atoms with Crippen molar-refractivity contribution in [1.82, 2.24) is 4.48 Å². The zero-order chi connectivity index (χ0) is 20.9. The first-order chi connectivity index (χ1) is 15.0. The van der Waals surface area contributed by atoms with E-state index in [9.17, 15) is 0 Å². The van der Waals surface area contributed by atoms with Crippen LogP contribution in [0, 0.1) is 0 Å². The summed E-state index contributed by atoms with van der Waals surface area (Å²) in [6, 6.07) is 28.7. The van der Waals surface area contributed by atoms with Gasteiger partial charge < -0.3 is 9.21 Å². The number of benzene rings is 4. The Kier molecular flexibility index (Phi) is 3.12. The molecule has 3 heteroatoms. The summed E-state index contributed by atoms with van der Waals surface area (Å²) in [5.41, 5.74) is 9.08. The normalized spacial score (nSPS) is 13.8. The van der Waals surface area contributed by atoms with Crippen molar-refractivity contribution in [3.63, 3.8) is 0 Å². The molecule has 0 spiro atoms. The molecule has 2 nitrogen and oxygen atoms in total. The molecule has 0 fully saturated rings. The zero-order valence-corrected chi connectivity index (χ0v) is 17.9. The van der Waals surface area contributed by atoms with E-state index in [0.29, 0.717) is 0 Å². The first kappa shape index (κ1) is 17.2. The molecule has 7 rings (SSSR count). The van der Waals surface area contributed by atoms with Crippen LogP contribution in [0.15, 0.2) is 78.9 Å². The van der Waals surface area contributed by atoms with Crippen molar-refractivity contribution < 1.29 is 4.74 Å². The van der Waals surface area contributed by atoms with Gasteiger partial charge >= 0.3 is 6.85 Å². The minimum atomic E-state index is 0.0411. The van der Waals surface area contributed by atoms with Crippen molar-refractivity contribution in [2.75, 3.05) is 0 Å². The minimum Gasteiger partial charge on any atom is -0.458 e. The molecule has 0 amide bonds. The third-order valence-corrected chi connectivity index (χ3v) is 6.99. The van der Waals surface area contributed by atoms with Crippen LogP contribution in [0.3, 0.4) is 0 Å². The summed E-state index contributed by atoms with van der Waals surface area (Å²) < 4.78 is 9.09. The molecular formula is C28H22BNO. The molecule has 3 heterocycles. The Balaban J connectivity index is 1.72. The largest absolute Gasteiger partial charge is 0.458 e. The van der Waals surface area contributed by atoms with E-state index in [-0.39, 0.29) is 12.3 Å². The Hall–Kier alpha value is -3.46. The van der Waals surface area contributed by atoms with Gasteiger partial charge in [-0.2, -0.15) is 0 Å². The lowest BCUT2D eigenvalue weighted by Crippen LogP contribution is -2.54. The monoisotopic (exact) mass is 399 g/mol. The third-order valence-electron chi connectivity index (χ3n) is 6.99. The molecule has 4 aromatic carbocycles. The number of ether oxygens (including phenoxy) is 1. The van der Waals surface area contributed by atoms with Gasteiger partial charge in [0.2, 0.25) is 0 Å². The number of fused-ring (bicyclic) bond motifs is 7. The standard InChI is InChI=1S/C28H22BNO/c1-28(2,3)17-15-21-20-11-8-10-19-18-9-4-6-13-23(18)30(27(19)20)29-22-12-5-7-14-24(22)31-25(16-17)26(21)29/h4-16H,1-3H3. The first-order valence-electron chi connectivity index (χ1n) is 11.0. The van der Waals surface area contributed by atoms with Gasteiger partial charge in [-0.15, -0.1) is 0 Å². The van der Waals surface area contributed by atoms with Gasteiger partial charge in [0.1, 0.15) is 11.5 Å². The van der Waals surface area contributed by atoms with E-state index >= 15 is 0 Å². The highest BCUT2D eigenvalue weighted by Crippen LogP contribution is 2.43. The van der Waals surface area contributed by atoms with Crippen molar-refractivity contribution in [3.05, 3.63) is 84.4 Å². The Labute approximate surface area is 182 Å². The molecular weight excluding hydrogens is 377 g/mol. The quantitative estimate of drug-likeness (QED) is 0.293. The fourth-order valence-electron chi connectivity index (χ4n) is 5.53. The van der Waals surface area contributed by atoms with E-state index in [1.165, 1.54) is 49.4 Å². The summed E-state index contributed by atoms with van der Waals surface area (Å²) in [5.74, 6) is 1.95. The Morgan fingerprint density at radius 3 is 2.39 bits per heavy atom. The van der Waals surface area contributed by atoms with Crippen LogP contribution in [0.25, 0.3) is 32.9 Å². The summed E-state index contributed by atoms with van der Waals surface area (Å²) in [4.78, 5) is 0. The van der Waals surface area contributed by atoms with Crippen LogP contribution < -0.4 is 15.7 Å². The van der Waals surface area contributed by atoms with E-state index in [1.807, 2.05) is 0 Å². The molecule has 148 valence electrons. The fraction of sp³-hybridized carbons (Fsp3) is 0.143. The van der Waals surface area contributed by atoms with Gasteiger partial charge in [-0.05, 0) is 40.2 Å². The second-order valence-corrected chi connectivity index (χ2v) is 9.82. The number of aromatic nitrogens is 1. The smallest absolute Gasteiger partial charge is 0.336 e. The summed E-state index contributed by atoms with van der Waals surface area (Å²) in [6.07, 6.45) is 0. The van der Waals surface area contributed by atoms with Crippen LogP contribution in [0.1, 0.15) is 26.3 Å². The molecule has 0 saturated carbocycles. The lowest BCUT2D eigenvalue weighted by molar-refractivity contribution is 0.483. The van der Waals surface area contributed by atoms with Crippen LogP contribution >= 0.6 is 0 Å². The molecule has 1 aromatic heterocycles. The van der Waals surface area contributed by atoms with E-state index in [1.54, 1.807) is 0 Å². The number of para-hydroxylation sites is 3. The summed E-state index contributed by atoms with van der Waals surface area (Å²) in [7, 11) is 0. The predicted molar refractivity (Wildman–Crippen MR) is 131 cm³/mol. The number of rotatable bonds is 0. The Bertz CT molecular complexity index is 1550. The van der Waals surface area contributed by atoms with E-state index in [4.69, 9.17) is 4.74 Å². The zero-order valence-electron chi connectivity index (χ0n) is 17.9. The van der Waals surface area contributed by atoms with Gasteiger partial charge in [-0.25, -0.2) is 0 Å². The highest BCUT2D eigenvalue weighted by molar-refractivity contribution is 6.88. The predicted octanol–water partition coefficient (Wildman–Crippen LogP) is 5.83. The van der Waals surface area contributed by atoms with Crippen molar-refractivity contribution in [1.29, 1.82) is 0 Å². The molecule has 0 bridgehead atoms. The number of nitrogens with zero attached hydrogens (tertiary/aromatic N) is 1. The molecule has 31 heavy (non-hydrogen) atoms. The highest BCUT2D eigenvalue weighted by atomic mass is 16.5. The molecule has 2 aliphatic rings. The summed E-state index contributed by atoms with van der Waals surface area (Å²) >= 11 is 0. The summed E-state index contributed by atoms with van der Waals surface area (Å²) in [6.45, 7) is 6.93. The summed E-state index contributed by atoms with van der Waals surface area (Å²) in [5, 5.41) is 2.64. The van der Waals surface area contributed by atoms with E-state index in [0.717, 1.165) is 11.5 Å². The van der Waals surface area contributed by atoms with Crippen molar-refractivity contribution >= 4 is 39.6 Å². The van der Waals surface area contributed by atoms with E-state index < -0.39 is 0 Å². The highest BCUT2D eigenvalue weighted by Gasteiger charge is 2.41. The Morgan fingerprint density at radius 1 is 0.742 bits per heavy atom. The maximum Gasteiger partial charge on any atom is 0.336 e. The van der Waals surface area contributed by atoms with Crippen LogP contribution in [-0.4, -0.2) is 11.3 Å². The third kappa shape index (κ3) is 2.14. The molecule has 0 N–H and O–H groups in total. The molecule has 0 atom stereocenters. The van der Waals surface area contributed by atoms with Crippen molar-refractivity contribution in [2.45, 2.75) is 26.2 Å². The van der Waals surface area contributed by atoms with Gasteiger partial charge in [0.15, 0.2) is 0 Å². The second kappa shape index (κ2) is 5.61. The average molecular weight is 399 g/mol. The van der Waals surface area contributed by atoms with Gasteiger partial charge in [-0.1, -0.05) is 81.4 Å². The van der Waals surface area contributed by atoms with Crippen LogP contribution in [0.4, 0.5) is 0 Å². The fourth-order valence-corrected chi connectivity index (χ4v) is 5.53. The van der Waals surface area contributed by atoms with E-state index in [2.05, 4.69) is 104 Å². The first-order valence-corrected chi connectivity index (χ1v) is 11.0. The second-order valence-electron chi connectivity index (χ2n) is 9.82. The number of hydrogen-bond acceptors (Lipinski definition) is 1. The topological polar surface area (TPSA) is 14.2 Å². The number of hydrogen-bond donors (Lipinski definition) is 0. The average Bonchev–Trinajstić information content (AvgIpc) is 3.11. The molecule has 0 radical (unpaired) electrons. The maximum absolute atomic E-state index is 6.55. The Morgan fingerprint density at radius 2 is 1.52 bits per heavy atom. The molecule has 0 aliphatic carbocycles. The van der Waals surface area contributed by atoms with Gasteiger partial charge in [-0.3, -0.25) is 0 Å². The maximum atomic E-state index is 6.55. The van der Waals surface area contributed by atoms with Gasteiger partial charge in [0.05, 0.1) is 0 Å². The lowest BCUT2D eigenvalue weighted by atomic mass is 9.46. The molecule has 5 aromatic rings. The van der Waals surface area contributed by atoms with Crippen molar-refractivity contribution in [3.8, 4) is 22.6 Å². The van der Waals surface area contributed by atoms with Gasteiger partial charge in [0.25, 0.3) is 0 Å². The molecule has 0 unspecified atom stereocenters. The van der Waals surface area contributed by atoms with Crippen LogP contribution in [-0.2, 0) is 5.41 Å². The molecule has 0 saturated heterocycles. The van der Waals surface area contributed by atoms with Crippen LogP contribution in [0.2, 0.25) is 0 Å². The van der Waals surface area contributed by atoms with Gasteiger partial charge in [0, 0.05) is 32.8 Å². The SMILES string of the molecule is CC(C)(C)c1cc2c3c(c1)-c1cccc4c5ccccc5n(c14)B3c1ccccc1O2. The molecule has 2 aliphatic heterocycles. The lowest BCUT2D eigenvalue weighted by Gasteiger charge is -2.35.